The fourth-order valence-electron chi connectivity index (χ4n) is 0.224. The van der Waals surface area contributed by atoms with Crippen molar-refractivity contribution in [3.05, 3.63) is 11.5 Å². The molecule has 77 valence electrons. The van der Waals surface area contributed by atoms with Crippen molar-refractivity contribution in [1.29, 1.82) is 0 Å². The molecule has 0 bridgehead atoms. The summed E-state index contributed by atoms with van der Waals surface area (Å²) in [5.74, 6) is 0. The average molecular weight is 189 g/mol. The van der Waals surface area contributed by atoms with Crippen LogP contribution in [0.15, 0.2) is 0 Å². The van der Waals surface area contributed by atoms with E-state index in [1.807, 2.05) is 13.8 Å². The fourth-order valence-corrected chi connectivity index (χ4v) is 0.224. The monoisotopic (exact) mass is 189 g/mol. The first-order chi connectivity index (χ1) is 3.41. The van der Waals surface area contributed by atoms with Crippen molar-refractivity contribution < 1.29 is 37.7 Å². The Balaban J connectivity index is -0.00000000377. The van der Waals surface area contributed by atoms with Gasteiger partial charge in [-0.05, 0) is 0 Å². The first-order valence-corrected chi connectivity index (χ1v) is 2.38. The second-order valence-electron chi connectivity index (χ2n) is 0.856. The molecule has 0 aromatic heterocycles. The molecule has 0 heterocycles. The van der Waals surface area contributed by atoms with E-state index in [4.69, 9.17) is 0 Å². The number of nitrogens with zero attached hydrogens (tertiary/aromatic N) is 1. The molecular weight excluding hydrogens is 164 g/mol. The maximum Gasteiger partial charge on any atom is 1.00 e. The van der Waals surface area contributed by atoms with Crippen LogP contribution in [0.3, 0.4) is 0 Å². The fraction of sp³-hybridized carbons (Fsp3) is 1.00. The summed E-state index contributed by atoms with van der Waals surface area (Å²) in [4.78, 5) is 0. The van der Waals surface area contributed by atoms with E-state index in [1.54, 1.807) is 0 Å². The Morgan fingerprint density at radius 1 is 1.00 bits per heavy atom. The summed E-state index contributed by atoms with van der Waals surface area (Å²) in [5, 5.41) is 3.97. The van der Waals surface area contributed by atoms with Crippen LogP contribution < -0.4 is 49.5 Å². The molecule has 0 aromatic rings. The Bertz CT molecular complexity index is 33.3. The number of nitrogens with two attached hydrogens (primary N) is 2. The van der Waals surface area contributed by atoms with Crippen LogP contribution in [-0.2, 0) is 0 Å². The zero-order valence-corrected chi connectivity index (χ0v) is 8.88. The molecule has 4 nitrogen and oxygen atoms in total. The van der Waals surface area contributed by atoms with Crippen molar-refractivity contribution in [2.45, 2.75) is 28.7 Å². The van der Waals surface area contributed by atoms with Gasteiger partial charge >= 0.3 is 37.7 Å². The first kappa shape index (κ1) is 80.1. The van der Waals surface area contributed by atoms with Crippen molar-refractivity contribution in [2.75, 3.05) is 13.1 Å². The minimum absolute atomic E-state index is 0. The van der Waals surface area contributed by atoms with Crippen molar-refractivity contribution in [3.8, 4) is 0 Å². The summed E-state index contributed by atoms with van der Waals surface area (Å²) in [6, 6.07) is 0. The molecule has 0 saturated heterocycles. The normalized spacial score (nSPS) is 3.36. The van der Waals surface area contributed by atoms with Gasteiger partial charge in [-0.1, -0.05) is 28.7 Å². The van der Waals surface area contributed by atoms with Crippen molar-refractivity contribution in [2.24, 2.45) is 5.64 Å². The molecule has 0 spiro atoms. The molecular formula is C6H25B2Li2N4. The van der Waals surface area contributed by atoms with Crippen LogP contribution in [0.2, 0.25) is 0 Å². The molecule has 7 N–H and O–H groups in total. The Morgan fingerprint density at radius 2 is 1.14 bits per heavy atom. The van der Waals surface area contributed by atoms with Crippen LogP contribution in [0.1, 0.15) is 28.7 Å². The van der Waals surface area contributed by atoms with Crippen molar-refractivity contribution in [1.82, 2.24) is 6.15 Å². The van der Waals surface area contributed by atoms with Crippen molar-refractivity contribution in [3.63, 3.8) is 0 Å². The third kappa shape index (κ3) is 195. The Morgan fingerprint density at radius 3 is 1.14 bits per heavy atom. The molecule has 0 aliphatic heterocycles. The SMILES string of the molecule is C.C.CC[N-]CC.N.[B].[B]N.[Li+].[Li+].[NH2-]. The van der Waals surface area contributed by atoms with E-state index in [-0.39, 0.29) is 73.3 Å². The van der Waals surface area contributed by atoms with E-state index >= 15 is 0 Å². The molecule has 0 amide bonds. The standard InChI is InChI=1S/C4H10N.2CH4.BH2N.B.2Li.H3N.H2N/c1-3-5-4-2;;;1-2;;;;;/h3-4H2,1-2H3;2*1H4;2H2;;;;1H3;1H2/q-1;;;;;2*+1;;-1. The van der Waals surface area contributed by atoms with Gasteiger partial charge in [-0.15, -0.1) is 0 Å². The summed E-state index contributed by atoms with van der Waals surface area (Å²) in [7, 11) is 4.00. The van der Waals surface area contributed by atoms with Crippen LogP contribution >= 0.6 is 0 Å². The van der Waals surface area contributed by atoms with Crippen molar-refractivity contribution >= 4 is 16.4 Å². The van der Waals surface area contributed by atoms with E-state index in [0.29, 0.717) is 0 Å². The van der Waals surface area contributed by atoms with Gasteiger partial charge in [0.2, 0.25) is 0 Å². The largest absolute Gasteiger partial charge is 1.00 e. The minimum atomic E-state index is 0. The van der Waals surface area contributed by atoms with E-state index in [1.165, 1.54) is 0 Å². The van der Waals surface area contributed by atoms with Gasteiger partial charge in [0.15, 0.2) is 7.98 Å². The molecule has 0 saturated carbocycles. The molecule has 8 heteroatoms. The van der Waals surface area contributed by atoms with E-state index in [0.717, 1.165) is 13.1 Å². The maximum absolute atomic E-state index is 4.00. The molecule has 0 aliphatic rings. The summed E-state index contributed by atoms with van der Waals surface area (Å²) in [5.41, 5.74) is 4.00. The van der Waals surface area contributed by atoms with Crippen LogP contribution in [0.4, 0.5) is 0 Å². The van der Waals surface area contributed by atoms with E-state index < -0.39 is 0 Å². The summed E-state index contributed by atoms with van der Waals surface area (Å²) in [6.45, 7) is 6.03. The van der Waals surface area contributed by atoms with Gasteiger partial charge in [-0.2, -0.15) is 13.1 Å². The Kier molecular flexibility index (Phi) is 809. The van der Waals surface area contributed by atoms with Crippen LogP contribution in [0, 0.1) is 0 Å². The smallest absolute Gasteiger partial charge is 0.693 e. The quantitative estimate of drug-likeness (QED) is 0.434. The third-order valence-corrected chi connectivity index (χ3v) is 0.447. The van der Waals surface area contributed by atoms with Gasteiger partial charge in [0.05, 0.1) is 0 Å². The Labute approximate surface area is 119 Å². The predicted molar refractivity (Wildman–Crippen MR) is 63.9 cm³/mol. The van der Waals surface area contributed by atoms with Gasteiger partial charge in [0.1, 0.15) is 0 Å². The Hall–Kier alpha value is 1.16. The number of hydrogen-bond acceptors (Lipinski definition) is 2. The van der Waals surface area contributed by atoms with E-state index in [2.05, 4.69) is 18.9 Å². The zero-order chi connectivity index (χ0) is 6.12. The molecule has 0 aromatic carbocycles. The first-order valence-electron chi connectivity index (χ1n) is 2.38. The van der Waals surface area contributed by atoms with Gasteiger partial charge in [0.25, 0.3) is 0 Å². The molecule has 14 heavy (non-hydrogen) atoms. The second-order valence-corrected chi connectivity index (χ2v) is 0.856. The molecule has 0 unspecified atom stereocenters. The summed E-state index contributed by atoms with van der Waals surface area (Å²) < 4.78 is 0. The minimum Gasteiger partial charge on any atom is -0.693 e. The molecule has 0 atom stereocenters. The van der Waals surface area contributed by atoms with Crippen LogP contribution in [0.25, 0.3) is 11.5 Å². The molecule has 0 aliphatic carbocycles. The zero-order valence-electron chi connectivity index (χ0n) is 8.88. The predicted octanol–water partition coefficient (Wildman–Crippen LogP) is -3.79. The van der Waals surface area contributed by atoms with Crippen LogP contribution in [-0.4, -0.2) is 29.5 Å². The molecule has 5 radical (unpaired) electrons. The third-order valence-electron chi connectivity index (χ3n) is 0.447. The van der Waals surface area contributed by atoms with Gasteiger partial charge < -0.3 is 23.3 Å². The topological polar surface area (TPSA) is 109 Å². The average Bonchev–Trinajstić information content (AvgIpc) is 1.75. The number of rotatable bonds is 2. The van der Waals surface area contributed by atoms with Gasteiger partial charge in [-0.3, -0.25) is 0 Å². The molecule has 0 fully saturated rings. The second kappa shape index (κ2) is 142. The van der Waals surface area contributed by atoms with E-state index in [9.17, 15) is 0 Å². The summed E-state index contributed by atoms with van der Waals surface area (Å²) >= 11 is 0. The molecule has 0 rings (SSSR count). The summed E-state index contributed by atoms with van der Waals surface area (Å²) in [6.07, 6.45) is 0. The maximum atomic E-state index is 4.00. The number of hydrogen-bond donors (Lipinski definition) is 2. The van der Waals surface area contributed by atoms with Gasteiger partial charge in [0, 0.05) is 8.41 Å². The van der Waals surface area contributed by atoms with Gasteiger partial charge in [-0.25, -0.2) is 0 Å². The van der Waals surface area contributed by atoms with Crippen LogP contribution in [0.5, 0.6) is 0 Å².